The molecule has 0 aliphatic heterocycles. The molecule has 3 rings (SSSR count). The molecule has 0 aliphatic carbocycles. The number of nitrogens with zero attached hydrogens (tertiary/aromatic N) is 2. The summed E-state index contributed by atoms with van der Waals surface area (Å²) >= 11 is 3.28. The Labute approximate surface area is 173 Å². The van der Waals surface area contributed by atoms with E-state index in [1.165, 1.54) is 12.1 Å². The van der Waals surface area contributed by atoms with Crippen molar-refractivity contribution in [2.75, 3.05) is 11.9 Å². The van der Waals surface area contributed by atoms with Gasteiger partial charge in [-0.2, -0.15) is 9.78 Å². The van der Waals surface area contributed by atoms with Gasteiger partial charge in [0.25, 0.3) is 11.5 Å². The third kappa shape index (κ3) is 4.75. The molecule has 2 aromatic carbocycles. The molecule has 148 valence electrons. The molecule has 29 heavy (non-hydrogen) atoms. The summed E-state index contributed by atoms with van der Waals surface area (Å²) in [6.45, 7) is 1.70. The quantitative estimate of drug-likeness (QED) is 0.589. The van der Waals surface area contributed by atoms with E-state index in [0.717, 1.165) is 22.9 Å². The zero-order valence-corrected chi connectivity index (χ0v) is 16.8. The summed E-state index contributed by atoms with van der Waals surface area (Å²) in [5.74, 6) is -1.82. The van der Waals surface area contributed by atoms with E-state index in [9.17, 15) is 18.8 Å². The van der Waals surface area contributed by atoms with Gasteiger partial charge in [-0.25, -0.2) is 9.18 Å². The van der Waals surface area contributed by atoms with Gasteiger partial charge < -0.3 is 10.1 Å². The monoisotopic (exact) mass is 459 g/mol. The van der Waals surface area contributed by atoms with Gasteiger partial charge in [0.2, 0.25) is 0 Å². The highest BCUT2D eigenvalue weighted by Gasteiger charge is 2.20. The highest BCUT2D eigenvalue weighted by molar-refractivity contribution is 9.10. The minimum atomic E-state index is -0.812. The molecule has 1 aromatic heterocycles. The first-order chi connectivity index (χ1) is 13.9. The third-order valence-corrected chi connectivity index (χ3v) is 4.30. The molecule has 0 fully saturated rings. The third-order valence-electron chi connectivity index (χ3n) is 3.81. The highest BCUT2D eigenvalue weighted by Crippen LogP contribution is 2.17. The highest BCUT2D eigenvalue weighted by atomic mass is 79.9. The van der Waals surface area contributed by atoms with E-state index in [0.29, 0.717) is 10.0 Å². The molecule has 9 heteroatoms. The number of halogens is 2. The van der Waals surface area contributed by atoms with Crippen LogP contribution in [0.3, 0.4) is 0 Å². The fourth-order valence-electron chi connectivity index (χ4n) is 2.49. The minimum absolute atomic E-state index is 0.0786. The Bertz CT molecular complexity index is 1130. The largest absolute Gasteiger partial charge is 0.461 e. The van der Waals surface area contributed by atoms with Crippen molar-refractivity contribution >= 4 is 33.5 Å². The standard InChI is InChI=1S/C20H15BrFN3O4/c1-2-29-20(28)18-16(23-19(27)12-4-3-5-13(21)10-12)11-17(26)25(24-18)15-8-6-14(22)7-9-15/h3-11H,2H2,1H3,(H,23,27). The SMILES string of the molecule is CCOC(=O)c1nn(-c2ccc(F)cc2)c(=O)cc1NC(=O)c1cccc(Br)c1. The molecule has 1 N–H and O–H groups in total. The van der Waals surface area contributed by atoms with E-state index in [1.54, 1.807) is 31.2 Å². The molecule has 0 saturated carbocycles. The molecule has 3 aromatic rings. The van der Waals surface area contributed by atoms with Crippen LogP contribution in [0, 0.1) is 5.82 Å². The van der Waals surface area contributed by atoms with Crippen molar-refractivity contribution < 1.29 is 18.7 Å². The van der Waals surface area contributed by atoms with Gasteiger partial charge in [-0.3, -0.25) is 9.59 Å². The Morgan fingerprint density at radius 3 is 2.55 bits per heavy atom. The summed E-state index contributed by atoms with van der Waals surface area (Å²) < 4.78 is 19.8. The number of esters is 1. The molecular formula is C20H15BrFN3O4. The zero-order valence-electron chi connectivity index (χ0n) is 15.2. The van der Waals surface area contributed by atoms with Crippen LogP contribution in [0.4, 0.5) is 10.1 Å². The second-order valence-electron chi connectivity index (χ2n) is 5.82. The first-order valence-corrected chi connectivity index (χ1v) is 9.32. The first-order valence-electron chi connectivity index (χ1n) is 8.53. The van der Waals surface area contributed by atoms with Crippen LogP contribution in [0.15, 0.2) is 63.9 Å². The van der Waals surface area contributed by atoms with Crippen molar-refractivity contribution in [2.24, 2.45) is 0 Å². The number of benzene rings is 2. The van der Waals surface area contributed by atoms with Crippen LogP contribution in [0.25, 0.3) is 5.69 Å². The number of ether oxygens (including phenoxy) is 1. The second-order valence-corrected chi connectivity index (χ2v) is 6.73. The first kappa shape index (κ1) is 20.4. The van der Waals surface area contributed by atoms with Gasteiger partial charge in [0.1, 0.15) is 5.82 Å². The molecule has 0 unspecified atom stereocenters. The van der Waals surface area contributed by atoms with Crippen LogP contribution in [0.1, 0.15) is 27.8 Å². The summed E-state index contributed by atoms with van der Waals surface area (Å²) in [6.07, 6.45) is 0. The maximum absolute atomic E-state index is 13.2. The van der Waals surface area contributed by atoms with Crippen molar-refractivity contribution in [1.29, 1.82) is 0 Å². The van der Waals surface area contributed by atoms with Crippen LogP contribution in [-0.4, -0.2) is 28.3 Å². The maximum atomic E-state index is 13.2. The van der Waals surface area contributed by atoms with Crippen molar-refractivity contribution in [3.8, 4) is 5.69 Å². The van der Waals surface area contributed by atoms with Gasteiger partial charge in [-0.1, -0.05) is 22.0 Å². The number of nitrogens with one attached hydrogen (secondary N) is 1. The van der Waals surface area contributed by atoms with Crippen LogP contribution >= 0.6 is 15.9 Å². The molecule has 0 spiro atoms. The maximum Gasteiger partial charge on any atom is 0.360 e. The molecule has 0 saturated heterocycles. The number of amides is 1. The fourth-order valence-corrected chi connectivity index (χ4v) is 2.89. The molecular weight excluding hydrogens is 445 g/mol. The lowest BCUT2D eigenvalue weighted by Gasteiger charge is -2.12. The van der Waals surface area contributed by atoms with E-state index in [2.05, 4.69) is 26.3 Å². The zero-order chi connectivity index (χ0) is 21.0. The number of anilines is 1. The predicted octanol–water partition coefficient (Wildman–Crippen LogP) is 3.56. The van der Waals surface area contributed by atoms with Crippen LogP contribution in [0.2, 0.25) is 0 Å². The average Bonchev–Trinajstić information content (AvgIpc) is 2.69. The Morgan fingerprint density at radius 2 is 1.90 bits per heavy atom. The normalized spacial score (nSPS) is 10.4. The van der Waals surface area contributed by atoms with E-state index in [4.69, 9.17) is 4.74 Å². The second kappa shape index (κ2) is 8.78. The molecule has 0 aliphatic rings. The number of aromatic nitrogens is 2. The van der Waals surface area contributed by atoms with E-state index < -0.39 is 23.3 Å². The Hall–Kier alpha value is -3.33. The van der Waals surface area contributed by atoms with Gasteiger partial charge in [-0.15, -0.1) is 0 Å². The van der Waals surface area contributed by atoms with Crippen molar-refractivity contribution in [3.63, 3.8) is 0 Å². The molecule has 1 heterocycles. The van der Waals surface area contributed by atoms with Gasteiger partial charge >= 0.3 is 5.97 Å². The van der Waals surface area contributed by atoms with Crippen molar-refractivity contribution in [1.82, 2.24) is 9.78 Å². The van der Waals surface area contributed by atoms with Gasteiger partial charge in [0, 0.05) is 16.1 Å². The van der Waals surface area contributed by atoms with E-state index in [1.807, 2.05) is 0 Å². The summed E-state index contributed by atoms with van der Waals surface area (Å²) in [7, 11) is 0. The predicted molar refractivity (Wildman–Crippen MR) is 108 cm³/mol. The number of hydrogen-bond donors (Lipinski definition) is 1. The van der Waals surface area contributed by atoms with Crippen molar-refractivity contribution in [3.05, 3.63) is 86.5 Å². The van der Waals surface area contributed by atoms with Crippen molar-refractivity contribution in [2.45, 2.75) is 6.92 Å². The molecule has 0 radical (unpaired) electrons. The molecule has 7 nitrogen and oxygen atoms in total. The number of rotatable bonds is 5. The number of carbonyl (C=O) groups excluding carboxylic acids is 2. The minimum Gasteiger partial charge on any atom is -0.461 e. The topological polar surface area (TPSA) is 90.3 Å². The van der Waals surface area contributed by atoms with E-state index >= 15 is 0 Å². The smallest absolute Gasteiger partial charge is 0.360 e. The Balaban J connectivity index is 2.04. The van der Waals surface area contributed by atoms with Crippen LogP contribution in [0.5, 0.6) is 0 Å². The lowest BCUT2D eigenvalue weighted by atomic mass is 10.2. The van der Waals surface area contributed by atoms with Gasteiger partial charge in [-0.05, 0) is 49.4 Å². The van der Waals surface area contributed by atoms with Crippen LogP contribution < -0.4 is 10.9 Å². The summed E-state index contributed by atoms with van der Waals surface area (Å²) in [5, 5.41) is 6.56. The summed E-state index contributed by atoms with van der Waals surface area (Å²) in [6, 6.07) is 12.7. The average molecular weight is 460 g/mol. The number of hydrogen-bond acceptors (Lipinski definition) is 5. The van der Waals surface area contributed by atoms with Crippen LogP contribution in [-0.2, 0) is 4.74 Å². The summed E-state index contributed by atoms with van der Waals surface area (Å²) in [4.78, 5) is 37.4. The Kier molecular flexibility index (Phi) is 6.18. The van der Waals surface area contributed by atoms with Gasteiger partial charge in [0.05, 0.1) is 18.0 Å². The lowest BCUT2D eigenvalue weighted by Crippen LogP contribution is -2.27. The number of carbonyl (C=O) groups is 2. The molecule has 1 amide bonds. The Morgan fingerprint density at radius 1 is 1.17 bits per heavy atom. The molecule has 0 atom stereocenters. The van der Waals surface area contributed by atoms with E-state index in [-0.39, 0.29) is 23.7 Å². The lowest BCUT2D eigenvalue weighted by molar-refractivity contribution is 0.0518. The molecule has 0 bridgehead atoms. The summed E-state index contributed by atoms with van der Waals surface area (Å²) in [5.41, 5.74) is -0.381. The van der Waals surface area contributed by atoms with Gasteiger partial charge in [0.15, 0.2) is 5.69 Å². The fraction of sp³-hybridized carbons (Fsp3) is 0.100.